The first-order valence-electron chi connectivity index (χ1n) is 3.46. The Hall–Kier alpha value is -0.880. The van der Waals surface area contributed by atoms with Gasteiger partial charge in [0.15, 0.2) is 0 Å². The SMILES string of the molecule is Cc1cc(F)cc(CC#N)c1Br. The highest BCUT2D eigenvalue weighted by Crippen LogP contribution is 2.22. The van der Waals surface area contributed by atoms with Gasteiger partial charge in [0.1, 0.15) is 5.82 Å². The van der Waals surface area contributed by atoms with E-state index in [1.54, 1.807) is 6.92 Å². The van der Waals surface area contributed by atoms with Crippen LogP contribution in [0.2, 0.25) is 0 Å². The van der Waals surface area contributed by atoms with Crippen molar-refractivity contribution in [2.75, 3.05) is 0 Å². The Labute approximate surface area is 79.0 Å². The van der Waals surface area contributed by atoms with Crippen molar-refractivity contribution in [3.8, 4) is 6.07 Å². The standard InChI is InChI=1S/C9H7BrFN/c1-6-4-8(11)5-7(2-3-12)9(6)10/h4-5H,2H2,1H3. The fraction of sp³-hybridized carbons (Fsp3) is 0.222. The van der Waals surface area contributed by atoms with E-state index in [4.69, 9.17) is 5.26 Å². The van der Waals surface area contributed by atoms with Crippen molar-refractivity contribution in [1.29, 1.82) is 5.26 Å². The number of benzene rings is 1. The molecule has 3 heteroatoms. The Morgan fingerprint density at radius 3 is 2.83 bits per heavy atom. The van der Waals surface area contributed by atoms with Crippen LogP contribution in [-0.2, 0) is 6.42 Å². The van der Waals surface area contributed by atoms with E-state index in [2.05, 4.69) is 15.9 Å². The third-order valence-electron chi connectivity index (χ3n) is 1.56. The van der Waals surface area contributed by atoms with E-state index in [0.29, 0.717) is 5.56 Å². The summed E-state index contributed by atoms with van der Waals surface area (Å²) in [6.07, 6.45) is 0.235. The van der Waals surface area contributed by atoms with Crippen LogP contribution in [0.15, 0.2) is 16.6 Å². The zero-order valence-corrected chi connectivity index (χ0v) is 8.15. The number of aryl methyl sites for hydroxylation is 1. The Morgan fingerprint density at radius 2 is 2.25 bits per heavy atom. The molecule has 0 aromatic heterocycles. The van der Waals surface area contributed by atoms with E-state index in [1.165, 1.54) is 12.1 Å². The van der Waals surface area contributed by atoms with Crippen LogP contribution in [0.3, 0.4) is 0 Å². The molecule has 0 aliphatic carbocycles. The second kappa shape index (κ2) is 3.68. The van der Waals surface area contributed by atoms with E-state index in [1.807, 2.05) is 6.07 Å². The first kappa shape index (κ1) is 9.21. The molecule has 0 amide bonds. The Kier molecular flexibility index (Phi) is 2.83. The molecule has 0 fully saturated rings. The van der Waals surface area contributed by atoms with Crippen molar-refractivity contribution in [3.05, 3.63) is 33.5 Å². The molecule has 0 saturated carbocycles. The van der Waals surface area contributed by atoms with Crippen molar-refractivity contribution < 1.29 is 4.39 Å². The summed E-state index contributed by atoms with van der Waals surface area (Å²) in [5.41, 5.74) is 1.52. The summed E-state index contributed by atoms with van der Waals surface area (Å²) in [7, 11) is 0. The number of nitrogens with zero attached hydrogens (tertiary/aromatic N) is 1. The van der Waals surface area contributed by atoms with Gasteiger partial charge in [-0.05, 0) is 30.2 Å². The van der Waals surface area contributed by atoms with Crippen LogP contribution in [-0.4, -0.2) is 0 Å². The molecule has 12 heavy (non-hydrogen) atoms. The first-order chi connectivity index (χ1) is 5.65. The lowest BCUT2D eigenvalue weighted by atomic mass is 10.1. The maximum atomic E-state index is 12.8. The lowest BCUT2D eigenvalue weighted by Gasteiger charge is -2.03. The predicted octanol–water partition coefficient (Wildman–Crippen LogP) is 2.96. The van der Waals surface area contributed by atoms with Gasteiger partial charge < -0.3 is 0 Å². The highest BCUT2D eigenvalue weighted by Gasteiger charge is 2.04. The molecule has 1 rings (SSSR count). The molecular formula is C9H7BrFN. The Morgan fingerprint density at radius 1 is 1.58 bits per heavy atom. The molecule has 0 spiro atoms. The van der Waals surface area contributed by atoms with Crippen molar-refractivity contribution in [2.24, 2.45) is 0 Å². The lowest BCUT2D eigenvalue weighted by Crippen LogP contribution is -1.89. The largest absolute Gasteiger partial charge is 0.207 e. The second-order valence-corrected chi connectivity index (χ2v) is 3.32. The molecule has 0 N–H and O–H groups in total. The average molecular weight is 228 g/mol. The van der Waals surface area contributed by atoms with E-state index in [-0.39, 0.29) is 12.2 Å². The van der Waals surface area contributed by atoms with Crippen LogP contribution in [0, 0.1) is 24.1 Å². The quantitative estimate of drug-likeness (QED) is 0.724. The van der Waals surface area contributed by atoms with Gasteiger partial charge in [-0.25, -0.2) is 4.39 Å². The zero-order valence-electron chi connectivity index (χ0n) is 6.56. The number of halogens is 2. The van der Waals surface area contributed by atoms with Crippen LogP contribution < -0.4 is 0 Å². The van der Waals surface area contributed by atoms with Crippen molar-refractivity contribution in [2.45, 2.75) is 13.3 Å². The molecule has 0 aliphatic rings. The summed E-state index contributed by atoms with van der Waals surface area (Å²) in [6.45, 7) is 1.80. The number of hydrogen-bond donors (Lipinski definition) is 0. The summed E-state index contributed by atoms with van der Waals surface area (Å²) < 4.78 is 13.6. The fourth-order valence-electron chi connectivity index (χ4n) is 1.01. The molecule has 1 aromatic rings. The minimum Gasteiger partial charge on any atom is -0.207 e. The van der Waals surface area contributed by atoms with Gasteiger partial charge >= 0.3 is 0 Å². The summed E-state index contributed by atoms with van der Waals surface area (Å²) in [5.74, 6) is -0.291. The van der Waals surface area contributed by atoms with Crippen LogP contribution in [0.4, 0.5) is 4.39 Å². The number of hydrogen-bond acceptors (Lipinski definition) is 1. The minimum atomic E-state index is -0.291. The summed E-state index contributed by atoms with van der Waals surface area (Å²) in [4.78, 5) is 0. The summed E-state index contributed by atoms with van der Waals surface area (Å²) >= 11 is 3.30. The van der Waals surface area contributed by atoms with Gasteiger partial charge in [-0.2, -0.15) is 5.26 Å². The molecule has 0 bridgehead atoms. The molecule has 0 unspecified atom stereocenters. The predicted molar refractivity (Wildman–Crippen MR) is 48.2 cm³/mol. The highest BCUT2D eigenvalue weighted by atomic mass is 79.9. The third kappa shape index (κ3) is 1.83. The molecular weight excluding hydrogens is 221 g/mol. The first-order valence-corrected chi connectivity index (χ1v) is 4.26. The van der Waals surface area contributed by atoms with Crippen LogP contribution in [0.1, 0.15) is 11.1 Å². The van der Waals surface area contributed by atoms with Gasteiger partial charge in [0.05, 0.1) is 12.5 Å². The van der Waals surface area contributed by atoms with Crippen molar-refractivity contribution >= 4 is 15.9 Å². The van der Waals surface area contributed by atoms with Crippen LogP contribution in [0.5, 0.6) is 0 Å². The molecule has 62 valence electrons. The van der Waals surface area contributed by atoms with Crippen LogP contribution in [0.25, 0.3) is 0 Å². The molecule has 1 aromatic carbocycles. The molecule has 0 atom stereocenters. The van der Waals surface area contributed by atoms with Crippen LogP contribution >= 0.6 is 15.9 Å². The normalized spacial score (nSPS) is 9.50. The van der Waals surface area contributed by atoms with Gasteiger partial charge in [-0.3, -0.25) is 0 Å². The maximum absolute atomic E-state index is 12.8. The minimum absolute atomic E-state index is 0.235. The monoisotopic (exact) mass is 227 g/mol. The zero-order chi connectivity index (χ0) is 9.14. The van der Waals surface area contributed by atoms with Gasteiger partial charge in [0.2, 0.25) is 0 Å². The Balaban J connectivity index is 3.20. The van der Waals surface area contributed by atoms with E-state index in [0.717, 1.165) is 10.0 Å². The second-order valence-electron chi connectivity index (χ2n) is 2.53. The van der Waals surface area contributed by atoms with Crippen molar-refractivity contribution in [1.82, 2.24) is 0 Å². The third-order valence-corrected chi connectivity index (χ3v) is 2.70. The molecule has 0 radical (unpaired) electrons. The van der Waals surface area contributed by atoms with Gasteiger partial charge in [0.25, 0.3) is 0 Å². The Bertz CT molecular complexity index is 341. The van der Waals surface area contributed by atoms with Gasteiger partial charge in [-0.15, -0.1) is 0 Å². The maximum Gasteiger partial charge on any atom is 0.123 e. The average Bonchev–Trinajstić information content (AvgIpc) is 2.00. The van der Waals surface area contributed by atoms with E-state index < -0.39 is 0 Å². The summed E-state index contributed by atoms with van der Waals surface area (Å²) in [6, 6.07) is 4.79. The smallest absolute Gasteiger partial charge is 0.123 e. The topological polar surface area (TPSA) is 23.8 Å². The molecule has 0 aliphatic heterocycles. The highest BCUT2D eigenvalue weighted by molar-refractivity contribution is 9.10. The number of nitriles is 1. The molecule has 0 heterocycles. The van der Waals surface area contributed by atoms with Crippen molar-refractivity contribution in [3.63, 3.8) is 0 Å². The van der Waals surface area contributed by atoms with Gasteiger partial charge in [-0.1, -0.05) is 15.9 Å². The molecule has 0 saturated heterocycles. The van der Waals surface area contributed by atoms with E-state index in [9.17, 15) is 4.39 Å². The lowest BCUT2D eigenvalue weighted by molar-refractivity contribution is 0.624. The van der Waals surface area contributed by atoms with Gasteiger partial charge in [0, 0.05) is 4.47 Å². The molecule has 1 nitrogen and oxygen atoms in total. The fourth-order valence-corrected chi connectivity index (χ4v) is 1.38. The van der Waals surface area contributed by atoms with E-state index >= 15 is 0 Å². The summed E-state index contributed by atoms with van der Waals surface area (Å²) in [5, 5.41) is 8.43. The number of rotatable bonds is 1.